The fourth-order valence-electron chi connectivity index (χ4n) is 2.27. The second-order valence-electron chi connectivity index (χ2n) is 6.02. The number of aromatic nitrogens is 2. The molecule has 0 saturated carbocycles. The highest BCUT2D eigenvalue weighted by Gasteiger charge is 2.25. The lowest BCUT2D eigenvalue weighted by molar-refractivity contribution is -0.124. The highest BCUT2D eigenvalue weighted by atomic mass is 16.6. The summed E-state index contributed by atoms with van der Waals surface area (Å²) >= 11 is 0. The molecule has 0 aliphatic heterocycles. The van der Waals surface area contributed by atoms with Gasteiger partial charge in [0, 0.05) is 5.56 Å². The summed E-state index contributed by atoms with van der Waals surface area (Å²) in [5, 5.41) is 13.0. The fourth-order valence-corrected chi connectivity index (χ4v) is 2.27. The van der Waals surface area contributed by atoms with E-state index in [0.717, 1.165) is 5.56 Å². The molecule has 2 rings (SSSR count). The molecule has 1 unspecified atom stereocenters. The minimum absolute atomic E-state index is 0.0606. The zero-order chi connectivity index (χ0) is 17.7. The number of benzene rings is 1. The first kappa shape index (κ1) is 17.7. The van der Waals surface area contributed by atoms with Crippen LogP contribution in [0.2, 0.25) is 0 Å². The van der Waals surface area contributed by atoms with Gasteiger partial charge in [0.05, 0.1) is 6.54 Å². The summed E-state index contributed by atoms with van der Waals surface area (Å²) in [5.74, 6) is -0.593. The number of rotatable bonds is 6. The minimum atomic E-state index is -0.641. The summed E-state index contributed by atoms with van der Waals surface area (Å²) < 4.78 is 4.60. The molecule has 1 aromatic carbocycles. The maximum atomic E-state index is 12.4. The van der Waals surface area contributed by atoms with Crippen LogP contribution in [-0.4, -0.2) is 28.2 Å². The highest BCUT2D eigenvalue weighted by Crippen LogP contribution is 2.10. The van der Waals surface area contributed by atoms with Crippen LogP contribution in [0.1, 0.15) is 41.2 Å². The zero-order valence-corrected chi connectivity index (χ0v) is 14.3. The highest BCUT2D eigenvalue weighted by molar-refractivity contribution is 5.98. The van der Waals surface area contributed by atoms with Crippen LogP contribution in [0.5, 0.6) is 0 Å². The van der Waals surface area contributed by atoms with Gasteiger partial charge in [0.15, 0.2) is 0 Å². The van der Waals surface area contributed by atoms with Gasteiger partial charge in [0.2, 0.25) is 5.91 Å². The fraction of sp³-hybridized carbons (Fsp3) is 0.412. The van der Waals surface area contributed by atoms with Crippen molar-refractivity contribution in [3.05, 3.63) is 46.8 Å². The van der Waals surface area contributed by atoms with Gasteiger partial charge in [0.1, 0.15) is 17.4 Å². The Morgan fingerprint density at radius 3 is 2.46 bits per heavy atom. The van der Waals surface area contributed by atoms with Gasteiger partial charge >= 0.3 is 0 Å². The molecule has 0 aliphatic rings. The first-order chi connectivity index (χ1) is 11.4. The van der Waals surface area contributed by atoms with Crippen LogP contribution < -0.4 is 10.6 Å². The Morgan fingerprint density at radius 1 is 1.17 bits per heavy atom. The SMILES string of the molecule is Cc1ccccc1C(=O)NC(C(=O)NCc1nonc1C)C(C)C. The molecule has 2 N–H and O–H groups in total. The molecule has 1 aromatic heterocycles. The molecular weight excluding hydrogens is 308 g/mol. The quantitative estimate of drug-likeness (QED) is 0.841. The molecule has 0 aliphatic carbocycles. The van der Waals surface area contributed by atoms with E-state index in [1.807, 2.05) is 32.9 Å². The van der Waals surface area contributed by atoms with Crippen molar-refractivity contribution in [1.29, 1.82) is 0 Å². The van der Waals surface area contributed by atoms with Gasteiger partial charge in [-0.15, -0.1) is 0 Å². The van der Waals surface area contributed by atoms with Gasteiger partial charge in [0.25, 0.3) is 5.91 Å². The predicted octanol–water partition coefficient (Wildman–Crippen LogP) is 1.76. The topological polar surface area (TPSA) is 97.1 Å². The third-order valence-corrected chi connectivity index (χ3v) is 3.80. The molecule has 0 spiro atoms. The van der Waals surface area contributed by atoms with Crippen LogP contribution in [0.15, 0.2) is 28.9 Å². The van der Waals surface area contributed by atoms with Crippen molar-refractivity contribution in [1.82, 2.24) is 20.9 Å². The van der Waals surface area contributed by atoms with E-state index in [9.17, 15) is 9.59 Å². The van der Waals surface area contributed by atoms with Crippen molar-refractivity contribution in [3.8, 4) is 0 Å². The van der Waals surface area contributed by atoms with E-state index in [1.165, 1.54) is 0 Å². The van der Waals surface area contributed by atoms with Gasteiger partial charge < -0.3 is 10.6 Å². The average Bonchev–Trinajstić information content (AvgIpc) is 2.95. The molecule has 7 nitrogen and oxygen atoms in total. The molecule has 24 heavy (non-hydrogen) atoms. The van der Waals surface area contributed by atoms with Crippen LogP contribution in [0.25, 0.3) is 0 Å². The monoisotopic (exact) mass is 330 g/mol. The van der Waals surface area contributed by atoms with E-state index in [1.54, 1.807) is 19.1 Å². The second kappa shape index (κ2) is 7.72. The van der Waals surface area contributed by atoms with Crippen molar-refractivity contribution in [2.75, 3.05) is 0 Å². The van der Waals surface area contributed by atoms with E-state index >= 15 is 0 Å². The lowest BCUT2D eigenvalue weighted by Crippen LogP contribution is -2.49. The molecular formula is C17H22N4O3. The molecule has 1 heterocycles. The second-order valence-corrected chi connectivity index (χ2v) is 6.02. The van der Waals surface area contributed by atoms with Crippen molar-refractivity contribution < 1.29 is 14.2 Å². The zero-order valence-electron chi connectivity index (χ0n) is 14.3. The molecule has 7 heteroatoms. The third-order valence-electron chi connectivity index (χ3n) is 3.80. The first-order valence-electron chi connectivity index (χ1n) is 7.82. The number of carbonyl (C=O) groups is 2. The average molecular weight is 330 g/mol. The molecule has 128 valence electrons. The molecule has 2 amide bonds. The van der Waals surface area contributed by atoms with Crippen LogP contribution in [0.4, 0.5) is 0 Å². The van der Waals surface area contributed by atoms with Crippen LogP contribution in [-0.2, 0) is 11.3 Å². The Labute approximate surface area is 140 Å². The van der Waals surface area contributed by atoms with Crippen molar-refractivity contribution >= 4 is 11.8 Å². The molecule has 0 radical (unpaired) electrons. The normalized spacial score (nSPS) is 12.0. The van der Waals surface area contributed by atoms with E-state index < -0.39 is 6.04 Å². The van der Waals surface area contributed by atoms with E-state index in [2.05, 4.69) is 25.6 Å². The maximum absolute atomic E-state index is 12.4. The number of nitrogens with one attached hydrogen (secondary N) is 2. The molecule has 2 aromatic rings. The molecule has 1 atom stereocenters. The Bertz CT molecular complexity index is 724. The summed E-state index contributed by atoms with van der Waals surface area (Å²) in [5.41, 5.74) is 2.62. The van der Waals surface area contributed by atoms with E-state index in [4.69, 9.17) is 0 Å². The van der Waals surface area contributed by atoms with Gasteiger partial charge in [-0.05, 0) is 31.4 Å². The number of hydrogen-bond acceptors (Lipinski definition) is 5. The van der Waals surface area contributed by atoms with Crippen LogP contribution >= 0.6 is 0 Å². The van der Waals surface area contributed by atoms with Crippen molar-refractivity contribution in [2.45, 2.75) is 40.3 Å². The van der Waals surface area contributed by atoms with E-state index in [0.29, 0.717) is 17.0 Å². The third kappa shape index (κ3) is 4.18. The number of carbonyl (C=O) groups excluding carboxylic acids is 2. The standard InChI is InChI=1S/C17H22N4O3/c1-10(2)15(17(23)18-9-14-12(4)20-24-21-14)19-16(22)13-8-6-5-7-11(13)3/h5-8,10,15H,9H2,1-4H3,(H,18,23)(H,19,22). The van der Waals surface area contributed by atoms with E-state index in [-0.39, 0.29) is 24.3 Å². The minimum Gasteiger partial charge on any atom is -0.348 e. The Kier molecular flexibility index (Phi) is 5.68. The van der Waals surface area contributed by atoms with Gasteiger partial charge in [-0.1, -0.05) is 42.4 Å². The number of hydrogen-bond donors (Lipinski definition) is 2. The lowest BCUT2D eigenvalue weighted by Gasteiger charge is -2.22. The Morgan fingerprint density at radius 2 is 1.88 bits per heavy atom. The largest absolute Gasteiger partial charge is 0.348 e. The summed E-state index contributed by atoms with van der Waals surface area (Å²) in [6.07, 6.45) is 0. The molecule has 0 saturated heterocycles. The number of amides is 2. The van der Waals surface area contributed by atoms with Crippen molar-refractivity contribution in [2.24, 2.45) is 5.92 Å². The van der Waals surface area contributed by atoms with Crippen LogP contribution in [0.3, 0.4) is 0 Å². The summed E-state index contributed by atoms with van der Waals surface area (Å²) in [6, 6.07) is 6.63. The van der Waals surface area contributed by atoms with Gasteiger partial charge in [-0.2, -0.15) is 0 Å². The summed E-state index contributed by atoms with van der Waals surface area (Å²) in [4.78, 5) is 24.9. The summed E-state index contributed by atoms with van der Waals surface area (Å²) in [6.45, 7) is 7.58. The Balaban J connectivity index is 2.03. The lowest BCUT2D eigenvalue weighted by atomic mass is 10.0. The maximum Gasteiger partial charge on any atom is 0.252 e. The molecule has 0 bridgehead atoms. The number of nitrogens with zero attached hydrogens (tertiary/aromatic N) is 2. The smallest absolute Gasteiger partial charge is 0.252 e. The summed E-state index contributed by atoms with van der Waals surface area (Å²) in [7, 11) is 0. The number of aryl methyl sites for hydroxylation is 2. The Hall–Kier alpha value is -2.70. The van der Waals surface area contributed by atoms with Crippen LogP contribution in [0, 0.1) is 19.8 Å². The van der Waals surface area contributed by atoms with Crippen molar-refractivity contribution in [3.63, 3.8) is 0 Å². The molecule has 0 fully saturated rings. The van der Waals surface area contributed by atoms with Gasteiger partial charge in [-0.25, -0.2) is 4.63 Å². The predicted molar refractivity (Wildman–Crippen MR) is 88.2 cm³/mol. The first-order valence-corrected chi connectivity index (χ1v) is 7.82. The van der Waals surface area contributed by atoms with Gasteiger partial charge in [-0.3, -0.25) is 9.59 Å².